The van der Waals surface area contributed by atoms with Crippen molar-refractivity contribution in [3.8, 4) is 0 Å². The van der Waals surface area contributed by atoms with Gasteiger partial charge >= 0.3 is 0 Å². The van der Waals surface area contributed by atoms with Gasteiger partial charge in [0.25, 0.3) is 5.91 Å². The molecule has 0 aliphatic carbocycles. The van der Waals surface area contributed by atoms with E-state index in [9.17, 15) is 9.59 Å². The van der Waals surface area contributed by atoms with E-state index in [1.165, 1.54) is 0 Å². The summed E-state index contributed by atoms with van der Waals surface area (Å²) < 4.78 is 0. The summed E-state index contributed by atoms with van der Waals surface area (Å²) in [6.07, 6.45) is 1.17. The lowest BCUT2D eigenvalue weighted by atomic mass is 10.1. The molecule has 6 heteroatoms. The maximum absolute atomic E-state index is 12.2. The second-order valence-corrected chi connectivity index (χ2v) is 5.82. The summed E-state index contributed by atoms with van der Waals surface area (Å²) in [5.74, 6) is 0.0974. The number of hydrogen-bond donors (Lipinski definition) is 1. The molecule has 2 N–H and O–H groups in total. The zero-order valence-corrected chi connectivity index (χ0v) is 15.2. The van der Waals surface area contributed by atoms with E-state index in [0.717, 1.165) is 5.56 Å². The first-order valence-corrected chi connectivity index (χ1v) is 7.69. The van der Waals surface area contributed by atoms with Crippen molar-refractivity contribution in [1.82, 2.24) is 9.80 Å². The Bertz CT molecular complexity index is 501. The number of hydrogen-bond acceptors (Lipinski definition) is 3. The molecule has 0 aliphatic rings. The molecule has 0 bridgehead atoms. The van der Waals surface area contributed by atoms with E-state index in [1.807, 2.05) is 30.9 Å². The van der Waals surface area contributed by atoms with Crippen molar-refractivity contribution >= 4 is 24.2 Å². The van der Waals surface area contributed by atoms with Gasteiger partial charge < -0.3 is 15.5 Å². The molecule has 0 aromatic heterocycles. The van der Waals surface area contributed by atoms with Crippen LogP contribution in [0.25, 0.3) is 0 Å². The van der Waals surface area contributed by atoms with Crippen LogP contribution in [0.1, 0.15) is 42.6 Å². The Labute approximate surface area is 145 Å². The van der Waals surface area contributed by atoms with Crippen LogP contribution in [0.15, 0.2) is 24.3 Å². The summed E-state index contributed by atoms with van der Waals surface area (Å²) in [4.78, 5) is 27.4. The van der Waals surface area contributed by atoms with Crippen LogP contribution in [0.5, 0.6) is 0 Å². The fourth-order valence-electron chi connectivity index (χ4n) is 2.12. The average Bonchev–Trinajstić information content (AvgIpc) is 2.49. The van der Waals surface area contributed by atoms with Gasteiger partial charge in [0.1, 0.15) is 0 Å². The van der Waals surface area contributed by atoms with Gasteiger partial charge in [-0.05, 0) is 38.0 Å². The lowest BCUT2D eigenvalue weighted by Crippen LogP contribution is -2.31. The van der Waals surface area contributed by atoms with E-state index in [2.05, 4.69) is 0 Å². The SMILES string of the molecule is CCN(Cc1ccc(C(=O)N(C)C)cc1)C(=O)CCC(C)N.Cl. The number of nitrogens with zero attached hydrogens (tertiary/aromatic N) is 2. The highest BCUT2D eigenvalue weighted by molar-refractivity contribution is 5.93. The zero-order chi connectivity index (χ0) is 16.7. The summed E-state index contributed by atoms with van der Waals surface area (Å²) in [5, 5.41) is 0. The van der Waals surface area contributed by atoms with Gasteiger partial charge in [0.15, 0.2) is 0 Å². The summed E-state index contributed by atoms with van der Waals surface area (Å²) in [7, 11) is 3.46. The number of amides is 2. The van der Waals surface area contributed by atoms with Crippen molar-refractivity contribution < 1.29 is 9.59 Å². The number of nitrogens with two attached hydrogens (primary N) is 1. The van der Waals surface area contributed by atoms with Crippen molar-refractivity contribution in [1.29, 1.82) is 0 Å². The molecular formula is C17H28ClN3O2. The highest BCUT2D eigenvalue weighted by Crippen LogP contribution is 2.11. The summed E-state index contributed by atoms with van der Waals surface area (Å²) in [5.41, 5.74) is 7.37. The van der Waals surface area contributed by atoms with Crippen LogP contribution in [0, 0.1) is 0 Å². The Kier molecular flexibility index (Phi) is 9.53. The Morgan fingerprint density at radius 3 is 2.17 bits per heavy atom. The van der Waals surface area contributed by atoms with Crippen molar-refractivity contribution in [2.45, 2.75) is 39.3 Å². The molecule has 0 radical (unpaired) electrons. The van der Waals surface area contributed by atoms with Crippen molar-refractivity contribution in [3.63, 3.8) is 0 Å². The van der Waals surface area contributed by atoms with E-state index in [-0.39, 0.29) is 30.3 Å². The molecule has 1 aromatic carbocycles. The van der Waals surface area contributed by atoms with Gasteiger partial charge in [0.2, 0.25) is 5.91 Å². The van der Waals surface area contributed by atoms with Crippen LogP contribution in [-0.4, -0.2) is 48.3 Å². The molecule has 0 fully saturated rings. The van der Waals surface area contributed by atoms with Gasteiger partial charge in [0.05, 0.1) is 0 Å². The minimum atomic E-state index is -0.0214. The lowest BCUT2D eigenvalue weighted by molar-refractivity contribution is -0.131. The predicted molar refractivity (Wildman–Crippen MR) is 95.7 cm³/mol. The van der Waals surface area contributed by atoms with Crippen LogP contribution in [0.3, 0.4) is 0 Å². The summed E-state index contributed by atoms with van der Waals surface area (Å²) in [6, 6.07) is 7.45. The normalized spacial score (nSPS) is 11.3. The Morgan fingerprint density at radius 1 is 1.17 bits per heavy atom. The lowest BCUT2D eigenvalue weighted by Gasteiger charge is -2.21. The Hall–Kier alpha value is -1.59. The maximum Gasteiger partial charge on any atom is 0.253 e. The van der Waals surface area contributed by atoms with Crippen molar-refractivity contribution in [3.05, 3.63) is 35.4 Å². The topological polar surface area (TPSA) is 66.6 Å². The van der Waals surface area contributed by atoms with Crippen LogP contribution < -0.4 is 5.73 Å². The van der Waals surface area contributed by atoms with Gasteiger partial charge in [-0.3, -0.25) is 9.59 Å². The van der Waals surface area contributed by atoms with Gasteiger partial charge in [-0.1, -0.05) is 12.1 Å². The highest BCUT2D eigenvalue weighted by atomic mass is 35.5. The van der Waals surface area contributed by atoms with Crippen molar-refractivity contribution in [2.75, 3.05) is 20.6 Å². The van der Waals surface area contributed by atoms with Crippen LogP contribution in [0.2, 0.25) is 0 Å². The minimum absolute atomic E-state index is 0. The van der Waals surface area contributed by atoms with E-state index in [4.69, 9.17) is 5.73 Å². The average molecular weight is 342 g/mol. The molecule has 1 aromatic rings. The third-order valence-electron chi connectivity index (χ3n) is 3.53. The third kappa shape index (κ3) is 7.01. The molecule has 1 rings (SSSR count). The standard InChI is InChI=1S/C17H27N3O2.ClH/c1-5-20(16(21)11-6-13(2)18)12-14-7-9-15(10-8-14)17(22)19(3)4;/h7-10,13H,5-6,11-12,18H2,1-4H3;1H. The summed E-state index contributed by atoms with van der Waals surface area (Å²) >= 11 is 0. The van der Waals surface area contributed by atoms with Gasteiger partial charge in [-0.25, -0.2) is 0 Å². The fraction of sp³-hybridized carbons (Fsp3) is 0.529. The van der Waals surface area contributed by atoms with Crippen LogP contribution in [0.4, 0.5) is 0 Å². The second-order valence-electron chi connectivity index (χ2n) is 5.82. The molecule has 23 heavy (non-hydrogen) atoms. The number of rotatable bonds is 7. The molecule has 1 unspecified atom stereocenters. The summed E-state index contributed by atoms with van der Waals surface area (Å²) in [6.45, 7) is 5.10. The molecular weight excluding hydrogens is 314 g/mol. The number of carbonyl (C=O) groups is 2. The molecule has 0 aliphatic heterocycles. The van der Waals surface area contributed by atoms with E-state index >= 15 is 0 Å². The number of benzene rings is 1. The van der Waals surface area contributed by atoms with E-state index in [1.54, 1.807) is 31.1 Å². The largest absolute Gasteiger partial charge is 0.345 e. The Morgan fingerprint density at radius 2 is 1.74 bits per heavy atom. The highest BCUT2D eigenvalue weighted by Gasteiger charge is 2.13. The molecule has 130 valence electrons. The third-order valence-corrected chi connectivity index (χ3v) is 3.53. The fourth-order valence-corrected chi connectivity index (χ4v) is 2.12. The molecule has 0 saturated heterocycles. The first kappa shape index (κ1) is 21.4. The molecule has 2 amide bonds. The first-order valence-electron chi connectivity index (χ1n) is 7.69. The van der Waals surface area contributed by atoms with Gasteiger partial charge in [-0.15, -0.1) is 12.4 Å². The maximum atomic E-state index is 12.2. The molecule has 0 saturated carbocycles. The first-order chi connectivity index (χ1) is 10.3. The van der Waals surface area contributed by atoms with Gasteiger partial charge in [0, 0.05) is 45.2 Å². The predicted octanol–water partition coefficient (Wildman–Crippen LogP) is 2.29. The monoisotopic (exact) mass is 341 g/mol. The number of carbonyl (C=O) groups excluding carboxylic acids is 2. The number of halogens is 1. The second kappa shape index (κ2) is 10.2. The quantitative estimate of drug-likeness (QED) is 0.827. The minimum Gasteiger partial charge on any atom is -0.345 e. The van der Waals surface area contributed by atoms with E-state index < -0.39 is 0 Å². The van der Waals surface area contributed by atoms with Crippen LogP contribution in [-0.2, 0) is 11.3 Å². The van der Waals surface area contributed by atoms with E-state index in [0.29, 0.717) is 31.5 Å². The molecule has 5 nitrogen and oxygen atoms in total. The smallest absolute Gasteiger partial charge is 0.253 e. The van der Waals surface area contributed by atoms with Gasteiger partial charge in [-0.2, -0.15) is 0 Å². The molecule has 0 heterocycles. The van der Waals surface area contributed by atoms with Crippen LogP contribution >= 0.6 is 12.4 Å². The molecule has 1 atom stereocenters. The van der Waals surface area contributed by atoms with Crippen molar-refractivity contribution in [2.24, 2.45) is 5.73 Å². The zero-order valence-electron chi connectivity index (χ0n) is 14.4. The Balaban J connectivity index is 0.00000484. The molecule has 0 spiro atoms.